The van der Waals surface area contributed by atoms with Gasteiger partial charge in [-0.25, -0.2) is 9.18 Å². The number of nitro groups is 1. The summed E-state index contributed by atoms with van der Waals surface area (Å²) in [6.45, 7) is 0. The minimum absolute atomic E-state index is 0.0669. The summed E-state index contributed by atoms with van der Waals surface area (Å²) < 4.78 is 17.9. The number of halogens is 1. The van der Waals surface area contributed by atoms with E-state index >= 15 is 0 Å². The number of methoxy groups -OCH3 is 1. The maximum absolute atomic E-state index is 13.5. The van der Waals surface area contributed by atoms with Gasteiger partial charge in [0.1, 0.15) is 5.82 Å². The van der Waals surface area contributed by atoms with Gasteiger partial charge in [-0.1, -0.05) is 0 Å². The molecule has 1 aliphatic rings. The van der Waals surface area contributed by atoms with Crippen molar-refractivity contribution >= 4 is 40.7 Å². The Morgan fingerprint density at radius 3 is 2.92 bits per heavy atom. The van der Waals surface area contributed by atoms with Gasteiger partial charge in [0.05, 0.1) is 23.2 Å². The number of carbonyl (C=O) groups is 2. The van der Waals surface area contributed by atoms with Crippen molar-refractivity contribution in [3.63, 3.8) is 0 Å². The van der Waals surface area contributed by atoms with Crippen LogP contribution in [0, 0.1) is 15.9 Å². The van der Waals surface area contributed by atoms with Gasteiger partial charge >= 0.3 is 5.97 Å². The van der Waals surface area contributed by atoms with Crippen LogP contribution in [0.4, 0.5) is 10.1 Å². The topological polar surface area (TPSA) is 123 Å². The molecule has 0 spiro atoms. The molecule has 2 rings (SSSR count). The smallest absolute Gasteiger partial charge is 0.331 e. The lowest BCUT2D eigenvalue weighted by atomic mass is 10.2. The summed E-state index contributed by atoms with van der Waals surface area (Å²) in [7, 11) is 1.17. The van der Waals surface area contributed by atoms with E-state index < -0.39 is 22.6 Å². The highest BCUT2D eigenvalue weighted by Gasteiger charge is 2.25. The predicted molar refractivity (Wildman–Crippen MR) is 83.9 cm³/mol. The Morgan fingerprint density at radius 1 is 1.50 bits per heavy atom. The summed E-state index contributed by atoms with van der Waals surface area (Å²) in [5.74, 6) is -1.96. The van der Waals surface area contributed by atoms with Gasteiger partial charge in [-0.15, -0.1) is 5.10 Å². The summed E-state index contributed by atoms with van der Waals surface area (Å²) in [4.78, 5) is 32.7. The molecule has 124 valence electrons. The van der Waals surface area contributed by atoms with Gasteiger partial charge in [0.2, 0.25) is 0 Å². The van der Waals surface area contributed by atoms with Gasteiger partial charge in [-0.05, 0) is 17.8 Å². The van der Waals surface area contributed by atoms with Crippen LogP contribution in [0.3, 0.4) is 0 Å². The molecule has 9 nitrogen and oxygen atoms in total. The number of non-ortho nitro benzene ring substituents is 1. The van der Waals surface area contributed by atoms with Crippen molar-refractivity contribution in [1.29, 1.82) is 0 Å². The Kier molecular flexibility index (Phi) is 5.37. The molecule has 1 aromatic carbocycles. The van der Waals surface area contributed by atoms with Crippen LogP contribution in [0.1, 0.15) is 5.56 Å². The lowest BCUT2D eigenvalue weighted by Gasteiger charge is -1.96. The Labute approximate surface area is 138 Å². The van der Waals surface area contributed by atoms with Gasteiger partial charge < -0.3 is 4.74 Å². The van der Waals surface area contributed by atoms with Gasteiger partial charge in [-0.2, -0.15) is 5.10 Å². The van der Waals surface area contributed by atoms with Gasteiger partial charge in [0.15, 0.2) is 5.17 Å². The van der Waals surface area contributed by atoms with Crippen LogP contribution < -0.4 is 5.32 Å². The number of hydrogen-bond acceptors (Lipinski definition) is 8. The number of nitro benzene ring substituents is 1. The molecule has 0 aliphatic carbocycles. The van der Waals surface area contributed by atoms with E-state index in [2.05, 4.69) is 20.3 Å². The summed E-state index contributed by atoms with van der Waals surface area (Å²) in [5, 5.41) is 20.3. The molecule has 0 aromatic heterocycles. The summed E-state index contributed by atoms with van der Waals surface area (Å²) in [6.07, 6.45) is 1.97. The molecule has 24 heavy (non-hydrogen) atoms. The second kappa shape index (κ2) is 7.46. The number of benzene rings is 1. The van der Waals surface area contributed by atoms with Crippen molar-refractivity contribution in [2.24, 2.45) is 10.2 Å². The summed E-state index contributed by atoms with van der Waals surface area (Å²) >= 11 is 0.844. The van der Waals surface area contributed by atoms with Gasteiger partial charge in [0, 0.05) is 23.8 Å². The maximum Gasteiger partial charge on any atom is 0.331 e. The first-order chi connectivity index (χ1) is 11.4. The number of thioether (sulfide) groups is 1. The van der Waals surface area contributed by atoms with E-state index in [0.717, 1.165) is 42.3 Å². The van der Waals surface area contributed by atoms with Crippen molar-refractivity contribution in [2.75, 3.05) is 7.11 Å². The van der Waals surface area contributed by atoms with Crippen molar-refractivity contribution < 1.29 is 23.6 Å². The zero-order valence-corrected chi connectivity index (χ0v) is 12.9. The molecule has 1 N–H and O–H groups in total. The third kappa shape index (κ3) is 4.23. The Morgan fingerprint density at radius 2 is 2.25 bits per heavy atom. The van der Waals surface area contributed by atoms with E-state index in [1.807, 2.05) is 0 Å². The average Bonchev–Trinajstić information content (AvgIpc) is 2.88. The lowest BCUT2D eigenvalue weighted by molar-refractivity contribution is -0.384. The maximum atomic E-state index is 13.5. The Balaban J connectivity index is 2.14. The van der Waals surface area contributed by atoms with Gasteiger partial charge in [-0.3, -0.25) is 20.2 Å². The van der Waals surface area contributed by atoms with Crippen molar-refractivity contribution in [2.45, 2.75) is 0 Å². The quantitative estimate of drug-likeness (QED) is 0.287. The van der Waals surface area contributed by atoms with Crippen molar-refractivity contribution in [3.05, 3.63) is 50.7 Å². The van der Waals surface area contributed by atoms with E-state index in [4.69, 9.17) is 0 Å². The Hall–Kier alpha value is -3.08. The van der Waals surface area contributed by atoms with E-state index in [-0.39, 0.29) is 21.3 Å². The molecule has 0 radical (unpaired) electrons. The molecule has 1 amide bonds. The van der Waals surface area contributed by atoms with Crippen LogP contribution in [-0.4, -0.2) is 35.3 Å². The molecule has 1 aromatic rings. The first kappa shape index (κ1) is 17.3. The van der Waals surface area contributed by atoms with E-state index in [1.54, 1.807) is 0 Å². The van der Waals surface area contributed by atoms with E-state index in [9.17, 15) is 24.1 Å². The second-order valence-corrected chi connectivity index (χ2v) is 5.23. The number of esters is 1. The number of rotatable bonds is 4. The average molecular weight is 352 g/mol. The van der Waals surface area contributed by atoms with Crippen molar-refractivity contribution in [1.82, 2.24) is 5.32 Å². The fraction of sp³-hybridized carbons (Fsp3) is 0.0769. The molecular formula is C13H9FN4O5S. The monoisotopic (exact) mass is 352 g/mol. The highest BCUT2D eigenvalue weighted by atomic mass is 32.2. The molecular weight excluding hydrogens is 343 g/mol. The molecule has 0 bridgehead atoms. The molecule has 1 aliphatic heterocycles. The molecule has 1 saturated heterocycles. The minimum atomic E-state index is -0.709. The minimum Gasteiger partial charge on any atom is -0.466 e. The molecule has 0 unspecified atom stereocenters. The molecule has 11 heteroatoms. The van der Waals surface area contributed by atoms with Crippen LogP contribution in [0.25, 0.3) is 0 Å². The lowest BCUT2D eigenvalue weighted by Crippen LogP contribution is -2.19. The van der Waals surface area contributed by atoms with Crippen LogP contribution in [0.2, 0.25) is 0 Å². The number of nitrogens with zero attached hydrogens (tertiary/aromatic N) is 3. The number of hydrogen-bond donors (Lipinski definition) is 1. The third-order valence-corrected chi connectivity index (χ3v) is 3.54. The normalized spacial score (nSPS) is 17.5. The third-order valence-electron chi connectivity index (χ3n) is 2.64. The highest BCUT2D eigenvalue weighted by Crippen LogP contribution is 2.23. The fourth-order valence-corrected chi connectivity index (χ4v) is 2.27. The fourth-order valence-electron chi connectivity index (χ4n) is 1.53. The van der Waals surface area contributed by atoms with Crippen LogP contribution in [-0.2, 0) is 14.3 Å². The molecule has 1 heterocycles. The zero-order valence-electron chi connectivity index (χ0n) is 12.1. The number of ether oxygens (including phenoxy) is 1. The largest absolute Gasteiger partial charge is 0.466 e. The SMILES string of the molecule is COC(=O)/C=C1/S/C(=N\N=Cc2cc([N+](=O)[O-])ccc2F)NC1=O. The number of nitrogens with one attached hydrogen (secondary N) is 1. The molecule has 1 fully saturated rings. The standard InChI is InChI=1S/C13H9FN4O5S/c1-23-11(19)5-10-12(20)16-13(24-10)17-15-6-7-4-8(18(21)22)2-3-9(7)14/h2-6H,1H3,(H,16,17,20)/b10-5+,15-6?. The Bertz CT molecular complexity index is 806. The molecule has 0 saturated carbocycles. The van der Waals surface area contributed by atoms with E-state index in [0.29, 0.717) is 0 Å². The second-order valence-electron chi connectivity index (χ2n) is 4.20. The van der Waals surface area contributed by atoms with E-state index in [1.165, 1.54) is 7.11 Å². The predicted octanol–water partition coefficient (Wildman–Crippen LogP) is 1.34. The van der Waals surface area contributed by atoms with Crippen LogP contribution in [0.5, 0.6) is 0 Å². The van der Waals surface area contributed by atoms with Crippen molar-refractivity contribution in [3.8, 4) is 0 Å². The van der Waals surface area contributed by atoms with Gasteiger partial charge in [0.25, 0.3) is 11.6 Å². The summed E-state index contributed by atoms with van der Waals surface area (Å²) in [5.41, 5.74) is -0.425. The highest BCUT2D eigenvalue weighted by molar-refractivity contribution is 8.18. The first-order valence-electron chi connectivity index (χ1n) is 6.24. The number of amidine groups is 1. The number of amides is 1. The summed E-state index contributed by atoms with van der Waals surface area (Å²) in [6, 6.07) is 2.97. The van der Waals surface area contributed by atoms with Crippen LogP contribution in [0.15, 0.2) is 39.4 Å². The molecule has 0 atom stereocenters. The zero-order chi connectivity index (χ0) is 17.7. The number of carbonyl (C=O) groups excluding carboxylic acids is 2. The first-order valence-corrected chi connectivity index (χ1v) is 7.06. The van der Waals surface area contributed by atoms with Crippen LogP contribution >= 0.6 is 11.8 Å².